The lowest BCUT2D eigenvalue weighted by atomic mass is 10.1. The molecule has 0 spiro atoms. The fraction of sp³-hybridized carbons (Fsp3) is 0.231. The van der Waals surface area contributed by atoms with Gasteiger partial charge < -0.3 is 15.4 Å². The second kappa shape index (κ2) is 11.0. The molecule has 3 rings (SSSR count). The van der Waals surface area contributed by atoms with Crippen LogP contribution in [-0.4, -0.2) is 24.5 Å². The molecule has 0 aliphatic heterocycles. The predicted molar refractivity (Wildman–Crippen MR) is 124 cm³/mol. The van der Waals surface area contributed by atoms with Crippen molar-refractivity contribution in [1.29, 1.82) is 0 Å². The van der Waals surface area contributed by atoms with Gasteiger partial charge in [-0.25, -0.2) is 0 Å². The number of anilines is 1. The standard InChI is InChI=1S/C26H28N2O3/c1-3-17-27-25(29)21-11-8-12-22(18-21)28-26(30)24(4-2)31-23-15-13-20(14-16-23)19-9-6-5-7-10-19/h5-16,18,24H,3-4,17H2,1-2H3,(H,27,29)(H,28,30). The lowest BCUT2D eigenvalue weighted by Crippen LogP contribution is -2.32. The van der Waals surface area contributed by atoms with Gasteiger partial charge in [0.25, 0.3) is 11.8 Å². The number of hydrogen-bond acceptors (Lipinski definition) is 3. The first-order chi connectivity index (χ1) is 15.1. The Morgan fingerprint density at radius 1 is 0.871 bits per heavy atom. The van der Waals surface area contributed by atoms with E-state index in [0.29, 0.717) is 30.0 Å². The molecule has 0 aliphatic carbocycles. The van der Waals surface area contributed by atoms with Crippen molar-refractivity contribution in [3.05, 3.63) is 84.4 Å². The highest BCUT2D eigenvalue weighted by Crippen LogP contribution is 2.23. The second-order valence-electron chi connectivity index (χ2n) is 7.23. The summed E-state index contributed by atoms with van der Waals surface area (Å²) in [5, 5.41) is 5.69. The molecule has 0 aliphatic rings. The number of carbonyl (C=O) groups excluding carboxylic acids is 2. The quantitative estimate of drug-likeness (QED) is 0.498. The molecule has 0 radical (unpaired) electrons. The number of carbonyl (C=O) groups is 2. The van der Waals surface area contributed by atoms with Gasteiger partial charge in [-0.3, -0.25) is 9.59 Å². The van der Waals surface area contributed by atoms with E-state index in [0.717, 1.165) is 17.5 Å². The average molecular weight is 417 g/mol. The summed E-state index contributed by atoms with van der Waals surface area (Å²) in [5.41, 5.74) is 3.29. The molecule has 31 heavy (non-hydrogen) atoms. The largest absolute Gasteiger partial charge is 0.481 e. The van der Waals surface area contributed by atoms with E-state index in [1.54, 1.807) is 24.3 Å². The minimum absolute atomic E-state index is 0.153. The van der Waals surface area contributed by atoms with Crippen LogP contribution in [0, 0.1) is 0 Å². The van der Waals surface area contributed by atoms with Gasteiger partial charge in [0.05, 0.1) is 0 Å². The summed E-state index contributed by atoms with van der Waals surface area (Å²) >= 11 is 0. The SMILES string of the molecule is CCCNC(=O)c1cccc(NC(=O)C(CC)Oc2ccc(-c3ccccc3)cc2)c1. The summed E-state index contributed by atoms with van der Waals surface area (Å²) in [4.78, 5) is 24.9. The van der Waals surface area contributed by atoms with E-state index in [-0.39, 0.29) is 11.8 Å². The summed E-state index contributed by atoms with van der Waals surface area (Å²) in [5.74, 6) is 0.231. The summed E-state index contributed by atoms with van der Waals surface area (Å²) in [6.45, 7) is 4.51. The Bertz CT molecular complexity index is 1000. The van der Waals surface area contributed by atoms with E-state index in [4.69, 9.17) is 4.74 Å². The van der Waals surface area contributed by atoms with Crippen molar-refractivity contribution in [3.63, 3.8) is 0 Å². The third-order valence-corrected chi connectivity index (χ3v) is 4.83. The van der Waals surface area contributed by atoms with Crippen LogP contribution >= 0.6 is 0 Å². The average Bonchev–Trinajstić information content (AvgIpc) is 2.82. The van der Waals surface area contributed by atoms with Gasteiger partial charge in [0.1, 0.15) is 5.75 Å². The monoisotopic (exact) mass is 416 g/mol. The summed E-state index contributed by atoms with van der Waals surface area (Å²) < 4.78 is 5.93. The van der Waals surface area contributed by atoms with Gasteiger partial charge in [0, 0.05) is 17.8 Å². The molecule has 5 heteroatoms. The number of nitrogens with one attached hydrogen (secondary N) is 2. The Morgan fingerprint density at radius 3 is 2.26 bits per heavy atom. The minimum atomic E-state index is -0.639. The van der Waals surface area contributed by atoms with E-state index in [1.165, 1.54) is 0 Å². The van der Waals surface area contributed by atoms with Crippen molar-refractivity contribution in [3.8, 4) is 16.9 Å². The van der Waals surface area contributed by atoms with Crippen LogP contribution in [0.25, 0.3) is 11.1 Å². The van der Waals surface area contributed by atoms with Crippen molar-refractivity contribution < 1.29 is 14.3 Å². The molecule has 160 valence electrons. The summed E-state index contributed by atoms with van der Waals surface area (Å²) in [6.07, 6.45) is 0.743. The van der Waals surface area contributed by atoms with Gasteiger partial charge in [-0.1, -0.05) is 62.4 Å². The first kappa shape index (κ1) is 22.1. The lowest BCUT2D eigenvalue weighted by Gasteiger charge is -2.18. The molecule has 0 bridgehead atoms. The van der Waals surface area contributed by atoms with Crippen LogP contribution in [0.2, 0.25) is 0 Å². The van der Waals surface area contributed by atoms with Gasteiger partial charge in [-0.2, -0.15) is 0 Å². The third kappa shape index (κ3) is 6.19. The van der Waals surface area contributed by atoms with Gasteiger partial charge in [0.15, 0.2) is 6.10 Å². The van der Waals surface area contributed by atoms with Crippen LogP contribution < -0.4 is 15.4 Å². The van der Waals surface area contributed by atoms with Gasteiger partial charge in [-0.05, 0) is 54.3 Å². The molecule has 0 saturated heterocycles. The zero-order chi connectivity index (χ0) is 22.1. The summed E-state index contributed by atoms with van der Waals surface area (Å²) in [7, 11) is 0. The Kier molecular flexibility index (Phi) is 7.82. The number of benzene rings is 3. The third-order valence-electron chi connectivity index (χ3n) is 4.83. The van der Waals surface area contributed by atoms with Crippen molar-refractivity contribution in [1.82, 2.24) is 5.32 Å². The Morgan fingerprint density at radius 2 is 1.58 bits per heavy atom. The molecule has 1 unspecified atom stereocenters. The Labute approximate surface area is 183 Å². The first-order valence-electron chi connectivity index (χ1n) is 10.6. The number of ether oxygens (including phenoxy) is 1. The van der Waals surface area contributed by atoms with Crippen molar-refractivity contribution in [2.75, 3.05) is 11.9 Å². The molecule has 1 atom stereocenters. The van der Waals surface area contributed by atoms with E-state index in [1.807, 2.05) is 56.3 Å². The molecule has 0 fully saturated rings. The van der Waals surface area contributed by atoms with Crippen LogP contribution in [0.4, 0.5) is 5.69 Å². The topological polar surface area (TPSA) is 67.4 Å². The first-order valence-corrected chi connectivity index (χ1v) is 10.6. The second-order valence-corrected chi connectivity index (χ2v) is 7.23. The fourth-order valence-corrected chi connectivity index (χ4v) is 3.14. The normalized spacial score (nSPS) is 11.4. The Balaban J connectivity index is 1.63. The molecule has 2 amide bonds. The van der Waals surface area contributed by atoms with Crippen LogP contribution in [0.3, 0.4) is 0 Å². The van der Waals surface area contributed by atoms with E-state index >= 15 is 0 Å². The Hall–Kier alpha value is -3.60. The highest BCUT2D eigenvalue weighted by molar-refractivity contribution is 5.98. The molecular weight excluding hydrogens is 388 g/mol. The molecule has 0 aromatic heterocycles. The molecule has 5 nitrogen and oxygen atoms in total. The lowest BCUT2D eigenvalue weighted by molar-refractivity contribution is -0.122. The minimum Gasteiger partial charge on any atom is -0.481 e. The van der Waals surface area contributed by atoms with Gasteiger partial charge in [0.2, 0.25) is 0 Å². The fourth-order valence-electron chi connectivity index (χ4n) is 3.14. The molecule has 3 aromatic carbocycles. The maximum Gasteiger partial charge on any atom is 0.265 e. The number of rotatable bonds is 9. The predicted octanol–water partition coefficient (Wildman–Crippen LogP) is 5.29. The van der Waals surface area contributed by atoms with Crippen LogP contribution in [0.1, 0.15) is 37.0 Å². The molecule has 3 aromatic rings. The van der Waals surface area contributed by atoms with Gasteiger partial charge in [-0.15, -0.1) is 0 Å². The highest BCUT2D eigenvalue weighted by atomic mass is 16.5. The number of amides is 2. The number of hydrogen-bond donors (Lipinski definition) is 2. The highest BCUT2D eigenvalue weighted by Gasteiger charge is 2.19. The molecule has 0 heterocycles. The van der Waals surface area contributed by atoms with E-state index < -0.39 is 6.10 Å². The van der Waals surface area contributed by atoms with Crippen molar-refractivity contribution in [2.24, 2.45) is 0 Å². The molecule has 2 N–H and O–H groups in total. The molecule has 0 saturated carbocycles. The maximum absolute atomic E-state index is 12.8. The van der Waals surface area contributed by atoms with Crippen molar-refractivity contribution >= 4 is 17.5 Å². The zero-order valence-corrected chi connectivity index (χ0v) is 17.9. The zero-order valence-electron chi connectivity index (χ0n) is 17.9. The van der Waals surface area contributed by atoms with Crippen LogP contribution in [-0.2, 0) is 4.79 Å². The van der Waals surface area contributed by atoms with E-state index in [9.17, 15) is 9.59 Å². The van der Waals surface area contributed by atoms with Crippen LogP contribution in [0.5, 0.6) is 5.75 Å². The smallest absolute Gasteiger partial charge is 0.265 e. The van der Waals surface area contributed by atoms with E-state index in [2.05, 4.69) is 22.8 Å². The molecular formula is C26H28N2O3. The van der Waals surface area contributed by atoms with Gasteiger partial charge >= 0.3 is 0 Å². The summed E-state index contributed by atoms with van der Waals surface area (Å²) in [6, 6.07) is 24.7. The maximum atomic E-state index is 12.8. The van der Waals surface area contributed by atoms with Crippen LogP contribution in [0.15, 0.2) is 78.9 Å². The van der Waals surface area contributed by atoms with Crippen molar-refractivity contribution in [2.45, 2.75) is 32.8 Å².